The second kappa shape index (κ2) is 7.60. The van der Waals surface area contributed by atoms with Crippen LogP contribution in [0, 0.1) is 10.1 Å². The molecule has 10 nitrogen and oxygen atoms in total. The highest BCUT2D eigenvalue weighted by atomic mass is 16.6. The first-order chi connectivity index (χ1) is 12.9. The number of carbonyl (C=O) groups excluding carboxylic acids is 1. The first-order valence-corrected chi connectivity index (χ1v) is 8.78. The van der Waals surface area contributed by atoms with Crippen LogP contribution in [0.3, 0.4) is 0 Å². The number of carbonyl (C=O) groups is 1. The molecule has 0 saturated carbocycles. The van der Waals surface area contributed by atoms with Gasteiger partial charge in [-0.05, 0) is 12.5 Å². The van der Waals surface area contributed by atoms with Crippen molar-refractivity contribution in [2.75, 3.05) is 18.0 Å². The van der Waals surface area contributed by atoms with Gasteiger partial charge in [-0.1, -0.05) is 6.92 Å². The van der Waals surface area contributed by atoms with Gasteiger partial charge in [-0.3, -0.25) is 19.9 Å². The maximum absolute atomic E-state index is 11.5. The molecule has 0 unspecified atom stereocenters. The summed E-state index contributed by atoms with van der Waals surface area (Å²) in [5.74, 6) is 0.470. The molecule has 27 heavy (non-hydrogen) atoms. The number of nitro groups is 1. The molecule has 0 aromatic carbocycles. The molecule has 10 heteroatoms. The van der Waals surface area contributed by atoms with Crippen LogP contribution in [-0.4, -0.2) is 44.8 Å². The van der Waals surface area contributed by atoms with Crippen LogP contribution in [0.5, 0.6) is 5.75 Å². The normalized spacial score (nSPS) is 15.0. The number of piperidine rings is 1. The number of ether oxygens (including phenoxy) is 1. The van der Waals surface area contributed by atoms with Crippen LogP contribution in [0.4, 0.5) is 11.5 Å². The molecule has 1 amide bonds. The van der Waals surface area contributed by atoms with E-state index in [9.17, 15) is 14.9 Å². The van der Waals surface area contributed by atoms with E-state index >= 15 is 0 Å². The molecule has 3 rings (SSSR count). The number of aryl methyl sites for hydroxylation is 2. The van der Waals surface area contributed by atoms with Crippen molar-refractivity contribution in [2.24, 2.45) is 12.8 Å². The van der Waals surface area contributed by atoms with Gasteiger partial charge in [0.2, 0.25) is 5.82 Å². The molecular weight excluding hydrogens is 352 g/mol. The zero-order valence-electron chi connectivity index (χ0n) is 15.3. The first-order valence-electron chi connectivity index (χ1n) is 8.78. The zero-order chi connectivity index (χ0) is 19.6. The zero-order valence-corrected chi connectivity index (χ0v) is 15.3. The molecule has 2 N–H and O–H groups in total. The Morgan fingerprint density at radius 2 is 2.15 bits per heavy atom. The van der Waals surface area contributed by atoms with Crippen LogP contribution < -0.4 is 15.4 Å². The summed E-state index contributed by atoms with van der Waals surface area (Å²) < 4.78 is 7.52. The number of aromatic nitrogens is 3. The monoisotopic (exact) mass is 374 g/mol. The van der Waals surface area contributed by atoms with Gasteiger partial charge in [-0.15, -0.1) is 0 Å². The third kappa shape index (κ3) is 3.83. The van der Waals surface area contributed by atoms with E-state index in [-0.39, 0.29) is 22.4 Å². The van der Waals surface area contributed by atoms with E-state index in [4.69, 9.17) is 10.5 Å². The van der Waals surface area contributed by atoms with Crippen LogP contribution in [0.2, 0.25) is 0 Å². The van der Waals surface area contributed by atoms with Crippen molar-refractivity contribution in [1.82, 2.24) is 14.8 Å². The lowest BCUT2D eigenvalue weighted by Gasteiger charge is -2.32. The average Bonchev–Trinajstić information content (AvgIpc) is 2.99. The second-order valence-corrected chi connectivity index (χ2v) is 6.40. The van der Waals surface area contributed by atoms with E-state index < -0.39 is 5.91 Å². The lowest BCUT2D eigenvalue weighted by atomic mass is 10.1. The number of nitrogens with two attached hydrogens (primary N) is 1. The fourth-order valence-corrected chi connectivity index (χ4v) is 3.33. The average molecular weight is 374 g/mol. The number of anilines is 1. The molecule has 1 aliphatic heterocycles. The smallest absolute Gasteiger partial charge is 0.334 e. The number of nitrogens with zero attached hydrogens (tertiary/aromatic N) is 5. The van der Waals surface area contributed by atoms with Gasteiger partial charge >= 0.3 is 5.69 Å². The lowest BCUT2D eigenvalue weighted by Crippen LogP contribution is -2.39. The van der Waals surface area contributed by atoms with Gasteiger partial charge in [0.15, 0.2) is 0 Å². The van der Waals surface area contributed by atoms with Gasteiger partial charge in [-0.25, -0.2) is 4.68 Å². The Balaban J connectivity index is 1.69. The summed E-state index contributed by atoms with van der Waals surface area (Å²) in [4.78, 5) is 28.2. The SMILES string of the molecule is CCc1nn(C)c(N2CCC(Oc3ccnc(C(N)=O)c3)CC2)c1[N+](=O)[O-]. The van der Waals surface area contributed by atoms with Crippen LogP contribution >= 0.6 is 0 Å². The number of pyridine rings is 1. The fraction of sp³-hybridized carbons (Fsp3) is 0.471. The molecule has 2 aromatic rings. The summed E-state index contributed by atoms with van der Waals surface area (Å²) in [6.07, 6.45) is 3.32. The first kappa shape index (κ1) is 18.6. The highest BCUT2D eigenvalue weighted by molar-refractivity contribution is 5.91. The van der Waals surface area contributed by atoms with E-state index in [1.807, 2.05) is 11.8 Å². The number of hydrogen-bond donors (Lipinski definition) is 1. The maximum Gasteiger partial charge on any atom is 0.334 e. The maximum atomic E-state index is 11.5. The molecule has 0 aliphatic carbocycles. The van der Waals surface area contributed by atoms with Gasteiger partial charge in [-0.2, -0.15) is 5.10 Å². The Morgan fingerprint density at radius 1 is 1.44 bits per heavy atom. The molecule has 0 spiro atoms. The number of amides is 1. The van der Waals surface area contributed by atoms with Crippen LogP contribution in [-0.2, 0) is 13.5 Å². The Morgan fingerprint density at radius 3 is 2.74 bits per heavy atom. The highest BCUT2D eigenvalue weighted by Gasteiger charge is 2.32. The van der Waals surface area contributed by atoms with E-state index in [1.54, 1.807) is 17.8 Å². The number of hydrogen-bond acceptors (Lipinski definition) is 7. The van der Waals surface area contributed by atoms with E-state index in [0.717, 1.165) is 0 Å². The largest absolute Gasteiger partial charge is 0.490 e. The standard InChI is InChI=1S/C17H22N6O4/c1-3-13-15(23(25)26)17(21(2)20-13)22-8-5-11(6-9-22)27-12-4-7-19-14(10-12)16(18)24/h4,7,10-11H,3,5-6,8-9H2,1-2H3,(H2,18,24). The van der Waals surface area contributed by atoms with Crippen molar-refractivity contribution in [3.63, 3.8) is 0 Å². The minimum absolute atomic E-state index is 0.0534. The van der Waals surface area contributed by atoms with Crippen LogP contribution in [0.1, 0.15) is 35.9 Å². The minimum Gasteiger partial charge on any atom is -0.490 e. The van der Waals surface area contributed by atoms with Crippen molar-refractivity contribution < 1.29 is 14.5 Å². The molecule has 0 bridgehead atoms. The summed E-state index contributed by atoms with van der Waals surface area (Å²) in [5, 5.41) is 15.8. The predicted molar refractivity (Wildman–Crippen MR) is 97.9 cm³/mol. The third-order valence-electron chi connectivity index (χ3n) is 4.61. The van der Waals surface area contributed by atoms with E-state index in [1.165, 1.54) is 12.3 Å². The van der Waals surface area contributed by atoms with Gasteiger partial charge in [0.25, 0.3) is 5.91 Å². The van der Waals surface area contributed by atoms with Crippen LogP contribution in [0.25, 0.3) is 0 Å². The highest BCUT2D eigenvalue weighted by Crippen LogP contribution is 2.33. The molecule has 0 atom stereocenters. The van der Waals surface area contributed by atoms with Gasteiger partial charge in [0.05, 0.1) is 4.92 Å². The van der Waals surface area contributed by atoms with E-state index in [2.05, 4.69) is 10.1 Å². The predicted octanol–water partition coefficient (Wildman–Crippen LogP) is 1.43. The summed E-state index contributed by atoms with van der Waals surface area (Å²) in [5.41, 5.74) is 5.97. The molecule has 3 heterocycles. The summed E-state index contributed by atoms with van der Waals surface area (Å²) in [6.45, 7) is 3.08. The van der Waals surface area contributed by atoms with Gasteiger partial charge < -0.3 is 15.4 Å². The van der Waals surface area contributed by atoms with Crippen LogP contribution in [0.15, 0.2) is 18.3 Å². The van der Waals surface area contributed by atoms with E-state index in [0.29, 0.717) is 49.6 Å². The number of primary amides is 1. The number of rotatable bonds is 6. The van der Waals surface area contributed by atoms with Crippen molar-refractivity contribution in [3.8, 4) is 5.75 Å². The van der Waals surface area contributed by atoms with Crippen molar-refractivity contribution >= 4 is 17.4 Å². The topological polar surface area (TPSA) is 129 Å². The van der Waals surface area contributed by atoms with Gasteiger partial charge in [0.1, 0.15) is 23.2 Å². The summed E-state index contributed by atoms with van der Waals surface area (Å²) >= 11 is 0. The summed E-state index contributed by atoms with van der Waals surface area (Å²) in [6, 6.07) is 3.20. The molecular formula is C17H22N6O4. The van der Waals surface area contributed by atoms with Crippen molar-refractivity contribution in [3.05, 3.63) is 39.8 Å². The Labute approximate surface area is 156 Å². The second-order valence-electron chi connectivity index (χ2n) is 6.40. The lowest BCUT2D eigenvalue weighted by molar-refractivity contribution is -0.384. The summed E-state index contributed by atoms with van der Waals surface area (Å²) in [7, 11) is 1.73. The van der Waals surface area contributed by atoms with Crippen molar-refractivity contribution in [2.45, 2.75) is 32.3 Å². The molecule has 144 valence electrons. The molecule has 1 fully saturated rings. The Hall–Kier alpha value is -3.17. The quantitative estimate of drug-likeness (QED) is 0.598. The Bertz CT molecular complexity index is 857. The van der Waals surface area contributed by atoms with Gasteiger partial charge in [0, 0.05) is 45.2 Å². The minimum atomic E-state index is -0.606. The third-order valence-corrected chi connectivity index (χ3v) is 4.61. The molecule has 1 saturated heterocycles. The molecule has 1 aliphatic rings. The molecule has 2 aromatic heterocycles. The Kier molecular flexibility index (Phi) is 5.24. The van der Waals surface area contributed by atoms with Crippen molar-refractivity contribution in [1.29, 1.82) is 0 Å². The molecule has 0 radical (unpaired) electrons. The fourth-order valence-electron chi connectivity index (χ4n) is 3.33.